The molecule has 0 spiro atoms. The lowest BCUT2D eigenvalue weighted by atomic mass is 10.2. The summed E-state index contributed by atoms with van der Waals surface area (Å²) in [5.74, 6) is 1.55. The van der Waals surface area contributed by atoms with Gasteiger partial charge in [0.15, 0.2) is 0 Å². The highest BCUT2D eigenvalue weighted by Crippen LogP contribution is 2.25. The first-order valence-corrected chi connectivity index (χ1v) is 8.16. The molecule has 0 bridgehead atoms. The summed E-state index contributed by atoms with van der Waals surface area (Å²) in [4.78, 5) is 21.1. The molecule has 0 radical (unpaired) electrons. The number of hydrogen-bond acceptors (Lipinski definition) is 5. The van der Waals surface area contributed by atoms with E-state index in [9.17, 15) is 4.79 Å². The normalized spacial score (nSPS) is 10.5. The average molecular weight is 328 g/mol. The number of para-hydroxylation sites is 2. The number of rotatable bonds is 7. The summed E-state index contributed by atoms with van der Waals surface area (Å²) in [7, 11) is 0. The highest BCUT2D eigenvalue weighted by molar-refractivity contribution is 6.04. The van der Waals surface area contributed by atoms with Gasteiger partial charge in [-0.3, -0.25) is 4.79 Å². The quantitative estimate of drug-likeness (QED) is 0.811. The molecule has 1 aromatic carbocycles. The number of nitrogens with zero attached hydrogens (tertiary/aromatic N) is 2. The van der Waals surface area contributed by atoms with Crippen LogP contribution in [0.2, 0.25) is 0 Å². The van der Waals surface area contributed by atoms with Crippen molar-refractivity contribution in [1.29, 1.82) is 0 Å². The van der Waals surface area contributed by atoms with Gasteiger partial charge in [-0.05, 0) is 39.3 Å². The zero-order valence-corrected chi connectivity index (χ0v) is 14.6. The van der Waals surface area contributed by atoms with Gasteiger partial charge in [0.25, 0.3) is 5.91 Å². The van der Waals surface area contributed by atoms with E-state index in [0.717, 1.165) is 13.0 Å². The molecule has 128 valence electrons. The van der Waals surface area contributed by atoms with Crippen molar-refractivity contribution < 1.29 is 9.53 Å². The predicted octanol–water partition coefficient (Wildman–Crippen LogP) is 3.65. The van der Waals surface area contributed by atoms with Gasteiger partial charge in [-0.2, -0.15) is 0 Å². The van der Waals surface area contributed by atoms with E-state index < -0.39 is 0 Å². The zero-order chi connectivity index (χ0) is 17.5. The highest BCUT2D eigenvalue weighted by atomic mass is 16.5. The minimum absolute atomic E-state index is 0.0224. The first-order chi connectivity index (χ1) is 11.5. The number of ether oxygens (including phenoxy) is 1. The third-order valence-electron chi connectivity index (χ3n) is 3.12. The summed E-state index contributed by atoms with van der Waals surface area (Å²) in [6.07, 6.45) is 0.999. The summed E-state index contributed by atoms with van der Waals surface area (Å²) in [6, 6.07) is 9.01. The van der Waals surface area contributed by atoms with Gasteiger partial charge >= 0.3 is 0 Å². The molecule has 0 aliphatic rings. The van der Waals surface area contributed by atoms with Crippen LogP contribution in [-0.2, 0) is 0 Å². The molecule has 0 saturated carbocycles. The van der Waals surface area contributed by atoms with Crippen LogP contribution in [0.1, 0.15) is 43.5 Å². The Labute approximate surface area is 142 Å². The fourth-order valence-electron chi connectivity index (χ4n) is 2.14. The van der Waals surface area contributed by atoms with Crippen LogP contribution in [0.15, 0.2) is 30.3 Å². The largest absolute Gasteiger partial charge is 0.489 e. The van der Waals surface area contributed by atoms with Crippen molar-refractivity contribution in [2.75, 3.05) is 17.2 Å². The van der Waals surface area contributed by atoms with E-state index in [4.69, 9.17) is 4.74 Å². The summed E-state index contributed by atoms with van der Waals surface area (Å²) in [6.45, 7) is 8.52. The topological polar surface area (TPSA) is 76.1 Å². The summed E-state index contributed by atoms with van der Waals surface area (Å²) in [5.41, 5.74) is 0.941. The second-order valence-electron chi connectivity index (χ2n) is 5.73. The van der Waals surface area contributed by atoms with Crippen molar-refractivity contribution in [2.24, 2.45) is 0 Å². The fourth-order valence-corrected chi connectivity index (χ4v) is 2.14. The van der Waals surface area contributed by atoms with E-state index in [2.05, 4.69) is 27.5 Å². The molecule has 0 atom stereocenters. The van der Waals surface area contributed by atoms with Crippen LogP contribution in [0.3, 0.4) is 0 Å². The number of carbonyl (C=O) groups excluding carboxylic acids is 1. The maximum atomic E-state index is 12.5. The number of benzene rings is 1. The van der Waals surface area contributed by atoms with E-state index in [1.54, 1.807) is 19.1 Å². The molecule has 6 nitrogen and oxygen atoms in total. The molecule has 0 unspecified atom stereocenters. The van der Waals surface area contributed by atoms with E-state index in [0.29, 0.717) is 28.8 Å². The number of aromatic nitrogens is 2. The third-order valence-corrected chi connectivity index (χ3v) is 3.12. The lowest BCUT2D eigenvalue weighted by Crippen LogP contribution is -2.17. The molecule has 2 rings (SSSR count). The fraction of sp³-hybridized carbons (Fsp3) is 0.389. The Kier molecular flexibility index (Phi) is 6.12. The van der Waals surface area contributed by atoms with Gasteiger partial charge in [0, 0.05) is 12.6 Å². The molecule has 1 heterocycles. The molecular weight excluding hydrogens is 304 g/mol. The van der Waals surface area contributed by atoms with Crippen molar-refractivity contribution in [3.63, 3.8) is 0 Å². The van der Waals surface area contributed by atoms with Crippen molar-refractivity contribution in [3.05, 3.63) is 41.9 Å². The molecule has 2 aromatic rings. The van der Waals surface area contributed by atoms with E-state index in [1.165, 1.54) is 0 Å². The van der Waals surface area contributed by atoms with E-state index in [-0.39, 0.29) is 12.0 Å². The predicted molar refractivity (Wildman–Crippen MR) is 95.7 cm³/mol. The summed E-state index contributed by atoms with van der Waals surface area (Å²) >= 11 is 0. The standard InChI is InChI=1S/C18H24N4O2/c1-5-10-19-17-11-15(20-13(4)21-17)18(23)22-14-8-6-7-9-16(14)24-12(2)3/h6-9,11-12H,5,10H2,1-4H3,(H,22,23)(H,19,20,21). The number of amides is 1. The lowest BCUT2D eigenvalue weighted by molar-refractivity contribution is 0.102. The molecule has 0 aliphatic heterocycles. The van der Waals surface area contributed by atoms with Gasteiger partial charge in [-0.1, -0.05) is 19.1 Å². The van der Waals surface area contributed by atoms with Crippen LogP contribution in [0.25, 0.3) is 0 Å². The molecule has 24 heavy (non-hydrogen) atoms. The Balaban J connectivity index is 2.19. The number of anilines is 2. The van der Waals surface area contributed by atoms with E-state index in [1.807, 2.05) is 32.0 Å². The lowest BCUT2D eigenvalue weighted by Gasteiger charge is -2.15. The van der Waals surface area contributed by atoms with Gasteiger partial charge in [0.1, 0.15) is 23.1 Å². The summed E-state index contributed by atoms with van der Waals surface area (Å²) < 4.78 is 5.72. The Morgan fingerprint density at radius 3 is 2.71 bits per heavy atom. The monoisotopic (exact) mass is 328 g/mol. The van der Waals surface area contributed by atoms with Gasteiger partial charge in [0.2, 0.25) is 0 Å². The first-order valence-electron chi connectivity index (χ1n) is 8.16. The molecule has 6 heteroatoms. The van der Waals surface area contributed by atoms with Crippen molar-refractivity contribution >= 4 is 17.4 Å². The van der Waals surface area contributed by atoms with Crippen LogP contribution >= 0.6 is 0 Å². The number of carbonyl (C=O) groups is 1. The maximum Gasteiger partial charge on any atom is 0.274 e. The van der Waals surface area contributed by atoms with E-state index >= 15 is 0 Å². The molecule has 1 aromatic heterocycles. The smallest absolute Gasteiger partial charge is 0.274 e. The number of nitrogens with one attached hydrogen (secondary N) is 2. The first kappa shape index (κ1) is 17.7. The van der Waals surface area contributed by atoms with Gasteiger partial charge in [0.05, 0.1) is 11.8 Å². The number of aryl methyl sites for hydroxylation is 1. The maximum absolute atomic E-state index is 12.5. The Morgan fingerprint density at radius 2 is 2.00 bits per heavy atom. The minimum Gasteiger partial charge on any atom is -0.489 e. The van der Waals surface area contributed by atoms with Gasteiger partial charge in [-0.25, -0.2) is 9.97 Å². The van der Waals surface area contributed by atoms with Crippen molar-refractivity contribution in [1.82, 2.24) is 9.97 Å². The van der Waals surface area contributed by atoms with Crippen LogP contribution in [0, 0.1) is 6.92 Å². The second-order valence-corrected chi connectivity index (χ2v) is 5.73. The molecule has 0 aliphatic carbocycles. The summed E-state index contributed by atoms with van der Waals surface area (Å²) in [5, 5.41) is 6.04. The molecule has 2 N–H and O–H groups in total. The van der Waals surface area contributed by atoms with Crippen LogP contribution < -0.4 is 15.4 Å². The number of hydrogen-bond donors (Lipinski definition) is 2. The SMILES string of the molecule is CCCNc1cc(C(=O)Nc2ccccc2OC(C)C)nc(C)n1. The highest BCUT2D eigenvalue weighted by Gasteiger charge is 2.13. The van der Waals surface area contributed by atoms with Gasteiger partial charge < -0.3 is 15.4 Å². The zero-order valence-electron chi connectivity index (χ0n) is 14.6. The molecule has 0 saturated heterocycles. The Bertz CT molecular complexity index is 701. The van der Waals surface area contributed by atoms with Crippen LogP contribution in [-0.4, -0.2) is 28.5 Å². The second kappa shape index (κ2) is 8.29. The average Bonchev–Trinajstić information content (AvgIpc) is 2.53. The molecule has 0 fully saturated rings. The third kappa shape index (κ3) is 4.94. The molecular formula is C18H24N4O2. The Morgan fingerprint density at radius 1 is 1.25 bits per heavy atom. The minimum atomic E-state index is -0.292. The van der Waals surface area contributed by atoms with Crippen molar-refractivity contribution in [2.45, 2.75) is 40.2 Å². The van der Waals surface area contributed by atoms with Gasteiger partial charge in [-0.15, -0.1) is 0 Å². The Hall–Kier alpha value is -2.63. The van der Waals surface area contributed by atoms with Crippen LogP contribution in [0.4, 0.5) is 11.5 Å². The molecule has 1 amide bonds. The van der Waals surface area contributed by atoms with Crippen LogP contribution in [0.5, 0.6) is 5.75 Å². The van der Waals surface area contributed by atoms with Crippen molar-refractivity contribution in [3.8, 4) is 5.75 Å².